The van der Waals surface area contributed by atoms with Crippen LogP contribution in [0.5, 0.6) is 0 Å². The number of benzene rings is 1. The Kier molecular flexibility index (Phi) is 3.27. The lowest BCUT2D eigenvalue weighted by atomic mass is 9.84. The number of aryl methyl sites for hydroxylation is 1. The SMILES string of the molecule is Cc1cc(F)ccc1C(=O)NC1CN2CCC1CC2. The lowest BCUT2D eigenvalue weighted by Crippen LogP contribution is -2.57. The zero-order valence-electron chi connectivity index (χ0n) is 11.2. The second-order valence-corrected chi connectivity index (χ2v) is 5.68. The highest BCUT2D eigenvalue weighted by Crippen LogP contribution is 2.27. The number of nitrogens with one attached hydrogen (secondary N) is 1. The molecule has 102 valence electrons. The summed E-state index contributed by atoms with van der Waals surface area (Å²) in [5.74, 6) is 0.239. The molecule has 3 aliphatic heterocycles. The molecular formula is C15H19FN2O. The summed E-state index contributed by atoms with van der Waals surface area (Å²) in [6.45, 7) is 5.05. The van der Waals surface area contributed by atoms with Crippen molar-refractivity contribution in [1.82, 2.24) is 10.2 Å². The molecule has 3 nitrogen and oxygen atoms in total. The van der Waals surface area contributed by atoms with Crippen molar-refractivity contribution < 1.29 is 9.18 Å². The molecule has 3 fully saturated rings. The normalized spacial score (nSPS) is 29.3. The second-order valence-electron chi connectivity index (χ2n) is 5.68. The van der Waals surface area contributed by atoms with E-state index in [1.165, 1.54) is 25.0 Å². The van der Waals surface area contributed by atoms with Gasteiger partial charge in [-0.25, -0.2) is 4.39 Å². The summed E-state index contributed by atoms with van der Waals surface area (Å²) >= 11 is 0. The standard InChI is InChI=1S/C15H19FN2O/c1-10-8-12(16)2-3-13(10)15(19)17-14-9-18-6-4-11(14)5-7-18/h2-3,8,11,14H,4-7,9H2,1H3,(H,17,19). The molecule has 1 aromatic carbocycles. The Hall–Kier alpha value is -1.42. The van der Waals surface area contributed by atoms with E-state index in [1.807, 2.05) is 0 Å². The summed E-state index contributed by atoms with van der Waals surface area (Å²) in [5, 5.41) is 3.12. The lowest BCUT2D eigenvalue weighted by molar-refractivity contribution is 0.0620. The van der Waals surface area contributed by atoms with Gasteiger partial charge in [-0.05, 0) is 62.5 Å². The summed E-state index contributed by atoms with van der Waals surface area (Å²) in [5.41, 5.74) is 1.27. The molecule has 4 heteroatoms. The van der Waals surface area contributed by atoms with E-state index >= 15 is 0 Å². The summed E-state index contributed by atoms with van der Waals surface area (Å²) in [4.78, 5) is 14.7. The van der Waals surface area contributed by atoms with Gasteiger partial charge in [0.1, 0.15) is 5.82 Å². The van der Waals surface area contributed by atoms with E-state index in [0.717, 1.165) is 19.6 Å². The van der Waals surface area contributed by atoms with Crippen LogP contribution in [-0.2, 0) is 0 Å². The molecule has 0 spiro atoms. The summed E-state index contributed by atoms with van der Waals surface area (Å²) in [6, 6.07) is 4.57. The van der Waals surface area contributed by atoms with Gasteiger partial charge in [0.25, 0.3) is 5.91 Å². The Morgan fingerprint density at radius 3 is 2.68 bits per heavy atom. The molecular weight excluding hydrogens is 243 g/mol. The molecule has 1 aromatic rings. The summed E-state index contributed by atoms with van der Waals surface area (Å²) in [7, 11) is 0. The van der Waals surface area contributed by atoms with Crippen LogP contribution in [0.1, 0.15) is 28.8 Å². The first-order chi connectivity index (χ1) is 9.13. The molecule has 2 bridgehead atoms. The molecule has 19 heavy (non-hydrogen) atoms. The van der Waals surface area contributed by atoms with Crippen LogP contribution >= 0.6 is 0 Å². The average molecular weight is 262 g/mol. The number of nitrogens with zero attached hydrogens (tertiary/aromatic N) is 1. The Labute approximate surface area is 112 Å². The second kappa shape index (κ2) is 4.93. The number of hydrogen-bond donors (Lipinski definition) is 1. The minimum atomic E-state index is -0.295. The maximum atomic E-state index is 13.1. The third kappa shape index (κ3) is 2.50. The highest BCUT2D eigenvalue weighted by molar-refractivity contribution is 5.95. The number of fused-ring (bicyclic) bond motifs is 3. The lowest BCUT2D eigenvalue weighted by Gasteiger charge is -2.44. The van der Waals surface area contributed by atoms with Gasteiger partial charge in [0.05, 0.1) is 0 Å². The predicted molar refractivity (Wildman–Crippen MR) is 71.6 cm³/mol. The van der Waals surface area contributed by atoms with E-state index < -0.39 is 0 Å². The van der Waals surface area contributed by atoms with Crippen molar-refractivity contribution in [1.29, 1.82) is 0 Å². The number of halogens is 1. The molecule has 0 saturated carbocycles. The van der Waals surface area contributed by atoms with Gasteiger partial charge in [0, 0.05) is 18.2 Å². The van der Waals surface area contributed by atoms with Crippen molar-refractivity contribution in [2.45, 2.75) is 25.8 Å². The molecule has 1 atom stereocenters. The third-order valence-corrected chi connectivity index (χ3v) is 4.41. The highest BCUT2D eigenvalue weighted by atomic mass is 19.1. The van der Waals surface area contributed by atoms with Gasteiger partial charge in [0.2, 0.25) is 0 Å². The number of carbonyl (C=O) groups is 1. The molecule has 0 radical (unpaired) electrons. The van der Waals surface area contributed by atoms with Crippen molar-refractivity contribution in [3.8, 4) is 0 Å². The van der Waals surface area contributed by atoms with Crippen LogP contribution in [0.4, 0.5) is 4.39 Å². The van der Waals surface area contributed by atoms with Gasteiger partial charge in [-0.2, -0.15) is 0 Å². The maximum absolute atomic E-state index is 13.1. The minimum Gasteiger partial charge on any atom is -0.348 e. The van der Waals surface area contributed by atoms with Gasteiger partial charge in [-0.15, -0.1) is 0 Å². The molecule has 3 aliphatic rings. The van der Waals surface area contributed by atoms with Crippen LogP contribution in [0, 0.1) is 18.7 Å². The Morgan fingerprint density at radius 2 is 2.11 bits per heavy atom. The first kappa shape index (κ1) is 12.6. The summed E-state index contributed by atoms with van der Waals surface area (Å²) < 4.78 is 13.1. The predicted octanol–water partition coefficient (Wildman–Crippen LogP) is 1.96. The molecule has 3 saturated heterocycles. The number of piperidine rings is 3. The van der Waals surface area contributed by atoms with Gasteiger partial charge in [-0.1, -0.05) is 0 Å². The van der Waals surface area contributed by atoms with E-state index in [9.17, 15) is 9.18 Å². The molecule has 1 amide bonds. The Bertz CT molecular complexity index is 495. The molecule has 3 heterocycles. The van der Waals surface area contributed by atoms with Crippen molar-refractivity contribution in [3.05, 3.63) is 35.1 Å². The smallest absolute Gasteiger partial charge is 0.251 e. The number of rotatable bonds is 2. The molecule has 0 aliphatic carbocycles. The fraction of sp³-hybridized carbons (Fsp3) is 0.533. The average Bonchev–Trinajstić information content (AvgIpc) is 2.39. The van der Waals surface area contributed by atoms with Crippen LogP contribution in [0.25, 0.3) is 0 Å². The zero-order valence-corrected chi connectivity index (χ0v) is 11.2. The zero-order chi connectivity index (χ0) is 13.4. The van der Waals surface area contributed by atoms with E-state index in [-0.39, 0.29) is 17.8 Å². The maximum Gasteiger partial charge on any atom is 0.251 e. The molecule has 0 aromatic heterocycles. The van der Waals surface area contributed by atoms with Crippen LogP contribution in [0.15, 0.2) is 18.2 Å². The first-order valence-corrected chi connectivity index (χ1v) is 6.93. The molecule has 1 unspecified atom stereocenters. The molecule has 1 N–H and O–H groups in total. The summed E-state index contributed by atoms with van der Waals surface area (Å²) in [6.07, 6.45) is 2.35. The van der Waals surface area contributed by atoms with Crippen molar-refractivity contribution in [2.75, 3.05) is 19.6 Å². The first-order valence-electron chi connectivity index (χ1n) is 6.93. The highest BCUT2D eigenvalue weighted by Gasteiger charge is 2.35. The van der Waals surface area contributed by atoms with Crippen LogP contribution < -0.4 is 5.32 Å². The van der Waals surface area contributed by atoms with E-state index in [0.29, 0.717) is 17.0 Å². The number of amides is 1. The van der Waals surface area contributed by atoms with Crippen LogP contribution in [0.3, 0.4) is 0 Å². The molecule has 4 rings (SSSR count). The van der Waals surface area contributed by atoms with E-state index in [2.05, 4.69) is 10.2 Å². The number of hydrogen-bond acceptors (Lipinski definition) is 2. The number of carbonyl (C=O) groups excluding carboxylic acids is 1. The van der Waals surface area contributed by atoms with Gasteiger partial charge in [-0.3, -0.25) is 4.79 Å². The van der Waals surface area contributed by atoms with Gasteiger partial charge in [0.15, 0.2) is 0 Å². The third-order valence-electron chi connectivity index (χ3n) is 4.41. The van der Waals surface area contributed by atoms with Crippen molar-refractivity contribution in [3.63, 3.8) is 0 Å². The van der Waals surface area contributed by atoms with Gasteiger partial charge < -0.3 is 10.2 Å². The largest absolute Gasteiger partial charge is 0.348 e. The Morgan fingerprint density at radius 1 is 1.37 bits per heavy atom. The van der Waals surface area contributed by atoms with Crippen LogP contribution in [0.2, 0.25) is 0 Å². The van der Waals surface area contributed by atoms with E-state index in [4.69, 9.17) is 0 Å². The minimum absolute atomic E-state index is 0.0729. The monoisotopic (exact) mass is 262 g/mol. The van der Waals surface area contributed by atoms with E-state index in [1.54, 1.807) is 13.0 Å². The fourth-order valence-electron chi connectivity index (χ4n) is 3.26. The van der Waals surface area contributed by atoms with Crippen LogP contribution in [-0.4, -0.2) is 36.5 Å². The van der Waals surface area contributed by atoms with Gasteiger partial charge >= 0.3 is 0 Å². The topological polar surface area (TPSA) is 32.3 Å². The van der Waals surface area contributed by atoms with Crippen molar-refractivity contribution in [2.24, 2.45) is 5.92 Å². The quantitative estimate of drug-likeness (QED) is 0.883. The van der Waals surface area contributed by atoms with Crippen molar-refractivity contribution >= 4 is 5.91 Å². The fourth-order valence-corrected chi connectivity index (χ4v) is 3.26. The Balaban J connectivity index is 1.71.